The topological polar surface area (TPSA) is 58.6 Å². The molecule has 2 heterocycles. The van der Waals surface area contributed by atoms with Crippen LogP contribution in [0.25, 0.3) is 21.9 Å². The Morgan fingerprint density at radius 2 is 1.82 bits per heavy atom. The first-order valence-corrected chi connectivity index (χ1v) is 8.29. The van der Waals surface area contributed by atoms with E-state index in [0.29, 0.717) is 10.9 Å². The summed E-state index contributed by atoms with van der Waals surface area (Å²) in [5.74, 6) is 0.450. The van der Waals surface area contributed by atoms with Crippen LogP contribution in [-0.4, -0.2) is 19.2 Å². The van der Waals surface area contributed by atoms with E-state index < -0.39 is 10.8 Å². The highest BCUT2D eigenvalue weighted by molar-refractivity contribution is 7.84. The number of H-pyrrole nitrogens is 1. The molecule has 1 unspecified atom stereocenters. The summed E-state index contributed by atoms with van der Waals surface area (Å²) >= 11 is 0. The second-order valence-electron chi connectivity index (χ2n) is 5.05. The molecule has 2 aromatic heterocycles. The Labute approximate surface area is 129 Å². The van der Waals surface area contributed by atoms with Crippen LogP contribution in [0.5, 0.6) is 0 Å². The van der Waals surface area contributed by atoms with E-state index in [0.717, 1.165) is 27.5 Å². The van der Waals surface area contributed by atoms with Crippen LogP contribution in [-0.2, 0) is 16.6 Å². The lowest BCUT2D eigenvalue weighted by atomic mass is 10.2. The summed E-state index contributed by atoms with van der Waals surface area (Å²) in [7, 11) is -1.20. The molecule has 5 heteroatoms. The molecule has 0 spiro atoms. The average Bonchev–Trinajstić information content (AvgIpc) is 3.00. The molecular weight excluding hydrogens is 294 g/mol. The van der Waals surface area contributed by atoms with Gasteiger partial charge < -0.3 is 4.98 Å². The van der Waals surface area contributed by atoms with Crippen molar-refractivity contribution in [1.29, 1.82) is 0 Å². The SMILES string of the molecule is O=S(Cc1ccccc1)c1nc2c(ccc3cccnc32)[nH]1. The van der Waals surface area contributed by atoms with Crippen LogP contribution in [0.3, 0.4) is 0 Å². The van der Waals surface area contributed by atoms with E-state index >= 15 is 0 Å². The van der Waals surface area contributed by atoms with Crippen molar-refractivity contribution in [2.24, 2.45) is 0 Å². The van der Waals surface area contributed by atoms with E-state index in [1.165, 1.54) is 0 Å². The van der Waals surface area contributed by atoms with Crippen molar-refractivity contribution >= 4 is 32.7 Å². The zero-order valence-corrected chi connectivity index (χ0v) is 12.5. The van der Waals surface area contributed by atoms with Gasteiger partial charge >= 0.3 is 0 Å². The average molecular weight is 307 g/mol. The molecular formula is C17H13N3OS. The third-order valence-electron chi connectivity index (χ3n) is 3.56. The van der Waals surface area contributed by atoms with Gasteiger partial charge in [-0.3, -0.25) is 9.19 Å². The quantitative estimate of drug-likeness (QED) is 0.631. The van der Waals surface area contributed by atoms with Gasteiger partial charge in [-0.1, -0.05) is 42.5 Å². The van der Waals surface area contributed by atoms with Crippen molar-refractivity contribution in [2.45, 2.75) is 10.9 Å². The van der Waals surface area contributed by atoms with Gasteiger partial charge in [-0.15, -0.1) is 0 Å². The van der Waals surface area contributed by atoms with E-state index in [1.807, 2.05) is 54.6 Å². The number of nitrogens with zero attached hydrogens (tertiary/aromatic N) is 2. The van der Waals surface area contributed by atoms with Crippen LogP contribution >= 0.6 is 0 Å². The van der Waals surface area contributed by atoms with Crippen LogP contribution in [0.1, 0.15) is 5.56 Å². The maximum absolute atomic E-state index is 12.5. The van der Waals surface area contributed by atoms with E-state index in [2.05, 4.69) is 15.0 Å². The van der Waals surface area contributed by atoms with E-state index in [-0.39, 0.29) is 0 Å². The van der Waals surface area contributed by atoms with Gasteiger partial charge in [0.1, 0.15) is 5.52 Å². The van der Waals surface area contributed by atoms with Gasteiger partial charge in [0.15, 0.2) is 5.16 Å². The molecule has 4 aromatic rings. The van der Waals surface area contributed by atoms with Gasteiger partial charge in [0.25, 0.3) is 0 Å². The zero-order chi connectivity index (χ0) is 14.9. The minimum Gasteiger partial charge on any atom is -0.331 e. The van der Waals surface area contributed by atoms with Crippen molar-refractivity contribution in [3.8, 4) is 0 Å². The number of hydrogen-bond donors (Lipinski definition) is 1. The van der Waals surface area contributed by atoms with Crippen LogP contribution in [0, 0.1) is 0 Å². The summed E-state index contributed by atoms with van der Waals surface area (Å²) in [5, 5.41) is 1.53. The fourth-order valence-electron chi connectivity index (χ4n) is 2.49. The maximum Gasteiger partial charge on any atom is 0.197 e. The molecule has 0 saturated heterocycles. The van der Waals surface area contributed by atoms with E-state index in [4.69, 9.17) is 0 Å². The van der Waals surface area contributed by atoms with Crippen molar-refractivity contribution in [2.75, 3.05) is 0 Å². The van der Waals surface area contributed by atoms with Crippen LogP contribution in [0.4, 0.5) is 0 Å². The molecule has 2 aromatic carbocycles. The summed E-state index contributed by atoms with van der Waals surface area (Å²) in [5.41, 5.74) is 3.50. The highest BCUT2D eigenvalue weighted by Gasteiger charge is 2.13. The number of rotatable bonds is 3. The van der Waals surface area contributed by atoms with Gasteiger partial charge in [-0.25, -0.2) is 4.98 Å². The molecule has 4 nitrogen and oxygen atoms in total. The standard InChI is InChI=1S/C17H13N3OS/c21-22(11-12-5-2-1-3-6-12)17-19-14-9-8-13-7-4-10-18-15(13)16(14)20-17/h1-10H,11H2,(H,19,20). The molecule has 1 atom stereocenters. The summed E-state index contributed by atoms with van der Waals surface area (Å²) in [6.07, 6.45) is 1.75. The third kappa shape index (κ3) is 2.29. The molecule has 4 rings (SSSR count). The van der Waals surface area contributed by atoms with Crippen molar-refractivity contribution < 1.29 is 4.21 Å². The Morgan fingerprint density at radius 1 is 0.955 bits per heavy atom. The lowest BCUT2D eigenvalue weighted by molar-refractivity contribution is 0.677. The van der Waals surface area contributed by atoms with Gasteiger partial charge in [-0.05, 0) is 17.7 Å². The maximum atomic E-state index is 12.5. The molecule has 0 amide bonds. The van der Waals surface area contributed by atoms with E-state index in [1.54, 1.807) is 6.20 Å². The summed E-state index contributed by atoms with van der Waals surface area (Å²) in [6, 6.07) is 17.6. The van der Waals surface area contributed by atoms with Gasteiger partial charge in [0.05, 0.1) is 27.6 Å². The minimum atomic E-state index is -1.20. The normalized spacial score (nSPS) is 12.7. The Morgan fingerprint density at radius 3 is 2.68 bits per heavy atom. The minimum absolute atomic E-state index is 0.450. The molecule has 0 aliphatic heterocycles. The zero-order valence-electron chi connectivity index (χ0n) is 11.7. The second-order valence-corrected chi connectivity index (χ2v) is 6.42. The van der Waals surface area contributed by atoms with Gasteiger partial charge in [-0.2, -0.15) is 0 Å². The van der Waals surface area contributed by atoms with Gasteiger partial charge in [0, 0.05) is 11.6 Å². The first kappa shape index (κ1) is 13.2. The predicted molar refractivity (Wildman–Crippen MR) is 87.9 cm³/mol. The molecule has 22 heavy (non-hydrogen) atoms. The first-order chi connectivity index (χ1) is 10.8. The fraction of sp³-hybridized carbons (Fsp3) is 0.0588. The third-order valence-corrected chi connectivity index (χ3v) is 4.78. The van der Waals surface area contributed by atoms with Crippen LogP contribution in [0.2, 0.25) is 0 Å². The smallest absolute Gasteiger partial charge is 0.197 e. The Kier molecular flexibility index (Phi) is 3.20. The number of aromatic amines is 1. The fourth-order valence-corrected chi connectivity index (χ4v) is 3.54. The van der Waals surface area contributed by atoms with Crippen LogP contribution < -0.4 is 0 Å². The van der Waals surface area contributed by atoms with Crippen molar-refractivity contribution in [3.63, 3.8) is 0 Å². The lowest BCUT2D eigenvalue weighted by Crippen LogP contribution is -1.98. The molecule has 108 valence electrons. The van der Waals surface area contributed by atoms with Crippen molar-refractivity contribution in [1.82, 2.24) is 15.0 Å². The Balaban J connectivity index is 1.76. The summed E-state index contributed by atoms with van der Waals surface area (Å²) < 4.78 is 12.5. The monoisotopic (exact) mass is 307 g/mol. The predicted octanol–water partition coefficient (Wildman–Crippen LogP) is 3.42. The molecule has 0 aliphatic carbocycles. The molecule has 0 aliphatic rings. The highest BCUT2D eigenvalue weighted by atomic mass is 32.2. The number of imidazole rings is 1. The van der Waals surface area contributed by atoms with Gasteiger partial charge in [0.2, 0.25) is 0 Å². The second kappa shape index (κ2) is 5.35. The molecule has 0 fully saturated rings. The summed E-state index contributed by atoms with van der Waals surface area (Å²) in [4.78, 5) is 12.1. The van der Waals surface area contributed by atoms with Crippen molar-refractivity contribution in [3.05, 3.63) is 66.4 Å². The number of fused-ring (bicyclic) bond motifs is 3. The highest BCUT2D eigenvalue weighted by Crippen LogP contribution is 2.23. The molecule has 0 radical (unpaired) electrons. The molecule has 0 bridgehead atoms. The number of benzene rings is 2. The molecule has 0 saturated carbocycles. The number of aromatic nitrogens is 3. The summed E-state index contributed by atoms with van der Waals surface area (Å²) in [6.45, 7) is 0. The largest absolute Gasteiger partial charge is 0.331 e. The first-order valence-electron chi connectivity index (χ1n) is 6.97. The van der Waals surface area contributed by atoms with E-state index in [9.17, 15) is 4.21 Å². The Hall–Kier alpha value is -2.53. The van der Waals surface area contributed by atoms with Crippen LogP contribution in [0.15, 0.2) is 66.0 Å². The lowest BCUT2D eigenvalue weighted by Gasteiger charge is -1.98. The Bertz CT molecular complexity index is 979. The number of hydrogen-bond acceptors (Lipinski definition) is 3. The number of pyridine rings is 1. The molecule has 1 N–H and O–H groups in total. The number of nitrogens with one attached hydrogen (secondary N) is 1.